The van der Waals surface area contributed by atoms with Gasteiger partial charge in [0.2, 0.25) is 5.91 Å². The van der Waals surface area contributed by atoms with Crippen molar-refractivity contribution >= 4 is 11.8 Å². The van der Waals surface area contributed by atoms with Crippen LogP contribution in [0.1, 0.15) is 34.7 Å². The minimum absolute atomic E-state index is 0.0367. The molecule has 2 aliphatic heterocycles. The Bertz CT molecular complexity index is 902. The van der Waals surface area contributed by atoms with Gasteiger partial charge in [0.05, 0.1) is 12.2 Å². The van der Waals surface area contributed by atoms with Crippen molar-refractivity contribution in [1.29, 1.82) is 0 Å². The van der Waals surface area contributed by atoms with Crippen LogP contribution in [-0.4, -0.2) is 91.7 Å². The van der Waals surface area contributed by atoms with E-state index in [0.29, 0.717) is 44.0 Å². The Morgan fingerprint density at radius 3 is 2.28 bits per heavy atom. The van der Waals surface area contributed by atoms with Gasteiger partial charge in [-0.3, -0.25) is 23.7 Å². The lowest BCUT2D eigenvalue weighted by Crippen LogP contribution is -2.52. The SMILES string of the molecule is Cc1nn(C)c(-n2ccnc2C)c1C(=O)N1CCN(C(=O)CN2CCCC2)CC1. The van der Waals surface area contributed by atoms with Crippen LogP contribution < -0.4 is 0 Å². The number of carbonyl (C=O) groups excluding carboxylic acids is 2. The summed E-state index contributed by atoms with van der Waals surface area (Å²) in [5.74, 6) is 1.67. The van der Waals surface area contributed by atoms with E-state index in [1.54, 1.807) is 10.9 Å². The molecule has 2 aromatic heterocycles. The molecule has 0 spiro atoms. The molecule has 29 heavy (non-hydrogen) atoms. The van der Waals surface area contributed by atoms with Crippen molar-refractivity contribution < 1.29 is 9.59 Å². The second-order valence-corrected chi connectivity index (χ2v) is 7.91. The van der Waals surface area contributed by atoms with Crippen LogP contribution in [0.5, 0.6) is 0 Å². The van der Waals surface area contributed by atoms with E-state index in [4.69, 9.17) is 0 Å². The lowest BCUT2D eigenvalue weighted by molar-refractivity contribution is -0.133. The van der Waals surface area contributed by atoms with Crippen molar-refractivity contribution in [2.24, 2.45) is 7.05 Å². The molecule has 4 heterocycles. The Kier molecular flexibility index (Phi) is 5.40. The number of hydrogen-bond acceptors (Lipinski definition) is 5. The number of hydrogen-bond donors (Lipinski definition) is 0. The van der Waals surface area contributed by atoms with E-state index in [1.165, 1.54) is 12.8 Å². The van der Waals surface area contributed by atoms with Gasteiger partial charge in [-0.05, 0) is 39.8 Å². The lowest BCUT2D eigenvalue weighted by atomic mass is 10.2. The van der Waals surface area contributed by atoms with Gasteiger partial charge < -0.3 is 9.80 Å². The van der Waals surface area contributed by atoms with Gasteiger partial charge in [-0.25, -0.2) is 4.98 Å². The Morgan fingerprint density at radius 1 is 1.00 bits per heavy atom. The van der Waals surface area contributed by atoms with Crippen LogP contribution in [0.4, 0.5) is 0 Å². The molecule has 0 aliphatic carbocycles. The van der Waals surface area contributed by atoms with Crippen LogP contribution in [0, 0.1) is 13.8 Å². The molecular weight excluding hydrogens is 370 g/mol. The predicted octanol–water partition coefficient (Wildman–Crippen LogP) is 0.603. The van der Waals surface area contributed by atoms with Crippen molar-refractivity contribution in [3.63, 3.8) is 0 Å². The van der Waals surface area contributed by atoms with Crippen molar-refractivity contribution in [3.8, 4) is 5.82 Å². The maximum Gasteiger partial charge on any atom is 0.259 e. The number of nitrogens with zero attached hydrogens (tertiary/aromatic N) is 7. The number of imidazole rings is 1. The Labute approximate surface area is 170 Å². The highest BCUT2D eigenvalue weighted by Gasteiger charge is 2.30. The number of likely N-dealkylation sites (tertiary alicyclic amines) is 1. The van der Waals surface area contributed by atoms with Crippen LogP contribution >= 0.6 is 0 Å². The zero-order chi connectivity index (χ0) is 20.5. The van der Waals surface area contributed by atoms with Gasteiger partial charge in [-0.15, -0.1) is 0 Å². The standard InChI is InChI=1S/C20H29N7O2/c1-15-18(19(23(3)22-15)27-9-6-21-16(27)2)20(29)26-12-10-25(11-13-26)17(28)14-24-7-4-5-8-24/h6,9H,4-5,7-8,10-14H2,1-3H3. The zero-order valence-electron chi connectivity index (χ0n) is 17.5. The topological polar surface area (TPSA) is 79.5 Å². The van der Waals surface area contributed by atoms with Gasteiger partial charge >= 0.3 is 0 Å². The molecule has 2 aromatic rings. The first-order valence-corrected chi connectivity index (χ1v) is 10.3. The van der Waals surface area contributed by atoms with Crippen molar-refractivity contribution in [2.45, 2.75) is 26.7 Å². The highest BCUT2D eigenvalue weighted by molar-refractivity contribution is 5.98. The number of aryl methyl sites for hydroxylation is 3. The summed E-state index contributed by atoms with van der Waals surface area (Å²) in [7, 11) is 1.84. The van der Waals surface area contributed by atoms with E-state index >= 15 is 0 Å². The zero-order valence-corrected chi connectivity index (χ0v) is 17.5. The fourth-order valence-corrected chi connectivity index (χ4v) is 4.32. The van der Waals surface area contributed by atoms with Gasteiger partial charge in [0, 0.05) is 45.6 Å². The monoisotopic (exact) mass is 399 g/mol. The minimum atomic E-state index is -0.0367. The first-order chi connectivity index (χ1) is 14.0. The Hall–Kier alpha value is -2.68. The minimum Gasteiger partial charge on any atom is -0.338 e. The molecule has 0 saturated carbocycles. The highest BCUT2D eigenvalue weighted by atomic mass is 16.2. The van der Waals surface area contributed by atoms with Crippen LogP contribution in [0.2, 0.25) is 0 Å². The molecule has 9 nitrogen and oxygen atoms in total. The van der Waals surface area contributed by atoms with Crippen LogP contribution in [0.3, 0.4) is 0 Å². The quantitative estimate of drug-likeness (QED) is 0.752. The molecule has 0 atom stereocenters. The third kappa shape index (κ3) is 3.78. The van der Waals surface area contributed by atoms with Crippen LogP contribution in [0.15, 0.2) is 12.4 Å². The third-order valence-electron chi connectivity index (χ3n) is 5.94. The van der Waals surface area contributed by atoms with Gasteiger partial charge in [-0.1, -0.05) is 0 Å². The second-order valence-electron chi connectivity index (χ2n) is 7.91. The molecule has 2 aliphatic rings. The molecule has 2 amide bonds. The fourth-order valence-electron chi connectivity index (χ4n) is 4.32. The predicted molar refractivity (Wildman–Crippen MR) is 108 cm³/mol. The maximum atomic E-state index is 13.3. The average molecular weight is 399 g/mol. The summed E-state index contributed by atoms with van der Waals surface area (Å²) in [5.41, 5.74) is 1.30. The van der Waals surface area contributed by atoms with E-state index in [-0.39, 0.29) is 11.8 Å². The summed E-state index contributed by atoms with van der Waals surface area (Å²) < 4.78 is 3.62. The van der Waals surface area contributed by atoms with E-state index in [9.17, 15) is 9.59 Å². The van der Waals surface area contributed by atoms with Crippen molar-refractivity contribution in [2.75, 3.05) is 45.8 Å². The largest absolute Gasteiger partial charge is 0.338 e. The molecule has 9 heteroatoms. The maximum absolute atomic E-state index is 13.3. The first kappa shape index (κ1) is 19.6. The van der Waals surface area contributed by atoms with Gasteiger partial charge in [0.25, 0.3) is 5.91 Å². The molecule has 4 rings (SSSR count). The van der Waals surface area contributed by atoms with E-state index < -0.39 is 0 Å². The van der Waals surface area contributed by atoms with E-state index in [1.807, 2.05) is 41.5 Å². The highest BCUT2D eigenvalue weighted by Crippen LogP contribution is 2.22. The normalized spacial score (nSPS) is 17.9. The summed E-state index contributed by atoms with van der Waals surface area (Å²) in [4.78, 5) is 36.1. The molecule has 0 N–H and O–H groups in total. The molecule has 2 fully saturated rings. The molecule has 2 saturated heterocycles. The number of piperazine rings is 1. The lowest BCUT2D eigenvalue weighted by Gasteiger charge is -2.35. The number of rotatable bonds is 4. The van der Waals surface area contributed by atoms with Crippen LogP contribution in [-0.2, 0) is 11.8 Å². The molecular formula is C20H29N7O2. The number of carbonyl (C=O) groups is 2. The summed E-state index contributed by atoms with van der Waals surface area (Å²) >= 11 is 0. The molecule has 0 radical (unpaired) electrons. The van der Waals surface area contributed by atoms with Gasteiger partial charge in [-0.2, -0.15) is 5.10 Å². The van der Waals surface area contributed by atoms with Crippen molar-refractivity contribution in [3.05, 3.63) is 29.5 Å². The van der Waals surface area contributed by atoms with Crippen LogP contribution in [0.25, 0.3) is 5.82 Å². The third-order valence-corrected chi connectivity index (χ3v) is 5.94. The Balaban J connectivity index is 1.45. The summed E-state index contributed by atoms with van der Waals surface area (Å²) in [6.07, 6.45) is 5.92. The molecule has 0 unspecified atom stereocenters. The first-order valence-electron chi connectivity index (χ1n) is 10.3. The van der Waals surface area contributed by atoms with Gasteiger partial charge in [0.1, 0.15) is 17.2 Å². The van der Waals surface area contributed by atoms with Gasteiger partial charge in [0.15, 0.2) is 0 Å². The summed E-state index contributed by atoms with van der Waals surface area (Å²) in [6.45, 7) is 8.54. The second kappa shape index (κ2) is 7.98. The molecule has 156 valence electrons. The summed E-state index contributed by atoms with van der Waals surface area (Å²) in [6, 6.07) is 0. The smallest absolute Gasteiger partial charge is 0.259 e. The average Bonchev–Trinajstić information content (AvgIpc) is 3.42. The molecule has 0 aromatic carbocycles. The molecule has 0 bridgehead atoms. The van der Waals surface area contributed by atoms with E-state index in [0.717, 1.165) is 24.7 Å². The number of amides is 2. The Morgan fingerprint density at radius 2 is 1.66 bits per heavy atom. The van der Waals surface area contributed by atoms with E-state index in [2.05, 4.69) is 15.0 Å². The fraction of sp³-hybridized carbons (Fsp3) is 0.600. The number of aromatic nitrogens is 4. The van der Waals surface area contributed by atoms with Crippen molar-refractivity contribution in [1.82, 2.24) is 34.0 Å². The summed E-state index contributed by atoms with van der Waals surface area (Å²) in [5, 5.41) is 4.48.